The molecule has 2 saturated carbocycles. The number of rotatable bonds is 22. The Hall–Kier alpha value is -10.5. The topological polar surface area (TPSA) is 301 Å². The Morgan fingerprint density at radius 3 is 0.960 bits per heavy atom. The summed E-state index contributed by atoms with van der Waals surface area (Å²) in [5.74, 6) is 0.113. The summed E-state index contributed by atoms with van der Waals surface area (Å²) in [7, 11) is -12.6. The second kappa shape index (κ2) is 38.2. The van der Waals surface area contributed by atoms with Crippen LogP contribution in [0.1, 0.15) is 132 Å². The van der Waals surface area contributed by atoms with Gasteiger partial charge in [0.2, 0.25) is 40.1 Å². The number of piperidine rings is 4. The zero-order valence-electron chi connectivity index (χ0n) is 69.0. The molecule has 0 spiro atoms. The number of aromatic nitrogens is 8. The normalized spacial score (nSPS) is 17.3. The van der Waals surface area contributed by atoms with Crippen LogP contribution in [0.5, 0.6) is 0 Å². The fraction of sp³-hybridized carbons (Fsp3) is 0.378. The molecule has 4 saturated heterocycles. The van der Waals surface area contributed by atoms with Crippen molar-refractivity contribution >= 4 is 106 Å². The van der Waals surface area contributed by atoms with Crippen LogP contribution in [0.4, 0.5) is 49.1 Å². The molecule has 6 fully saturated rings. The molecular weight excluding hydrogens is 1680 g/mol. The molecule has 0 radical (unpaired) electrons. The van der Waals surface area contributed by atoms with Crippen molar-refractivity contribution in [1.29, 1.82) is 0 Å². The summed E-state index contributed by atoms with van der Waals surface area (Å²) in [5.41, 5.74) is 11.9. The summed E-state index contributed by atoms with van der Waals surface area (Å²) in [6.07, 6.45) is 20.9. The molecule has 2 aliphatic carbocycles. The Balaban J connectivity index is 0.000000128. The molecule has 0 bridgehead atoms. The second-order valence-corrected chi connectivity index (χ2v) is 41.0. The molecule has 4 N–H and O–H groups in total. The van der Waals surface area contributed by atoms with Gasteiger partial charge in [0, 0.05) is 211 Å². The highest BCUT2D eigenvalue weighted by atomic mass is 32.2. The molecule has 4 aliphatic heterocycles. The SMILES string of the molecule is CCS(=O)(=O)N1CCC(Nc2cc(-c3ccc(C(F)F)nc3)cc3ccncc23)CC1.CS(=O)(=O)N1CCC(Nc2cc(-c3ccc(C(F)F)nc3)cc3ccncc23)CC1.Cc1cc(-c2cc(NC3CCN(S(=O)(=O)C4CC4)CC3)c3cnccc3c2)cc(C)n1.O=S(=O)(C1CC1)N1CCC(Nc2cc(-c3ccnc(C(F)F)c3)cc3ccncc23)CC1. The fourth-order valence-electron chi connectivity index (χ4n) is 16.4. The molecule has 0 amide bonds. The molecule has 4 aromatic carbocycles. The van der Waals surface area contributed by atoms with Gasteiger partial charge in [-0.3, -0.25) is 39.9 Å². The molecule has 124 heavy (non-hydrogen) atoms. The van der Waals surface area contributed by atoms with Crippen molar-refractivity contribution in [1.82, 2.24) is 57.1 Å². The minimum absolute atomic E-state index is 0.113. The van der Waals surface area contributed by atoms with E-state index in [0.29, 0.717) is 96.4 Å². The van der Waals surface area contributed by atoms with Crippen molar-refractivity contribution in [3.63, 3.8) is 0 Å². The quantitative estimate of drug-likeness (QED) is 0.0458. The van der Waals surface area contributed by atoms with Crippen molar-refractivity contribution in [2.24, 2.45) is 0 Å². The van der Waals surface area contributed by atoms with Gasteiger partial charge in [-0.15, -0.1) is 0 Å². The van der Waals surface area contributed by atoms with Gasteiger partial charge in [-0.25, -0.2) is 77.2 Å². The third kappa shape index (κ3) is 21.4. The van der Waals surface area contributed by atoms with E-state index in [0.717, 1.165) is 155 Å². The number of pyridine rings is 8. The molecule has 34 heteroatoms. The maximum absolute atomic E-state index is 13.1. The molecule has 18 rings (SSSR count). The number of nitrogens with one attached hydrogen (secondary N) is 4. The van der Waals surface area contributed by atoms with Gasteiger partial charge in [0.15, 0.2) is 0 Å². The second-order valence-electron chi connectivity index (χ2n) is 32.4. The predicted molar refractivity (Wildman–Crippen MR) is 475 cm³/mol. The van der Waals surface area contributed by atoms with E-state index in [1.54, 1.807) is 75.2 Å². The lowest BCUT2D eigenvalue weighted by atomic mass is 9.99. The van der Waals surface area contributed by atoms with Crippen LogP contribution in [0.25, 0.3) is 87.6 Å². The van der Waals surface area contributed by atoms with E-state index < -0.39 is 59.4 Å². The summed E-state index contributed by atoms with van der Waals surface area (Å²) in [4.78, 5) is 33.0. The van der Waals surface area contributed by atoms with Gasteiger partial charge in [0.25, 0.3) is 19.3 Å². The van der Waals surface area contributed by atoms with Crippen molar-refractivity contribution in [2.45, 2.75) is 152 Å². The Kier molecular flexibility index (Phi) is 27.2. The van der Waals surface area contributed by atoms with Gasteiger partial charge in [0.05, 0.1) is 22.5 Å². The molecule has 6 aliphatic rings. The van der Waals surface area contributed by atoms with E-state index in [9.17, 15) is 60.0 Å². The molecule has 8 aromatic heterocycles. The monoisotopic (exact) mass is 1770 g/mol. The van der Waals surface area contributed by atoms with Crippen molar-refractivity contribution in [3.8, 4) is 44.5 Å². The smallest absolute Gasteiger partial charge is 0.280 e. The largest absolute Gasteiger partial charge is 0.382 e. The Morgan fingerprint density at radius 1 is 0.339 bits per heavy atom. The van der Waals surface area contributed by atoms with Gasteiger partial charge in [-0.05, 0) is 262 Å². The zero-order chi connectivity index (χ0) is 87.2. The van der Waals surface area contributed by atoms with Crippen molar-refractivity contribution in [3.05, 3.63) is 218 Å². The third-order valence-corrected chi connectivity index (χ3v) is 31.5. The molecule has 24 nitrogen and oxygen atoms in total. The molecule has 12 heterocycles. The minimum atomic E-state index is -3.17. The van der Waals surface area contributed by atoms with E-state index in [1.807, 2.05) is 86.9 Å². The first kappa shape index (κ1) is 88.4. The Labute approximate surface area is 718 Å². The Morgan fingerprint density at radius 2 is 0.653 bits per heavy atom. The maximum Gasteiger partial charge on any atom is 0.280 e. The highest BCUT2D eigenvalue weighted by Gasteiger charge is 2.43. The number of benzene rings is 4. The molecule has 0 atom stereocenters. The van der Waals surface area contributed by atoms with Crippen LogP contribution < -0.4 is 21.3 Å². The van der Waals surface area contributed by atoms with Crippen LogP contribution in [0.2, 0.25) is 0 Å². The molecule has 0 unspecified atom stereocenters. The highest BCUT2D eigenvalue weighted by Crippen LogP contribution is 2.41. The molecule has 12 aromatic rings. The minimum Gasteiger partial charge on any atom is -0.382 e. The lowest BCUT2D eigenvalue weighted by Crippen LogP contribution is -2.43. The molecule has 652 valence electrons. The number of fused-ring (bicyclic) bond motifs is 4. The van der Waals surface area contributed by atoms with Gasteiger partial charge in [-0.1, -0.05) is 12.1 Å². The highest BCUT2D eigenvalue weighted by molar-refractivity contribution is 7.90. The summed E-state index contributed by atoms with van der Waals surface area (Å²) < 4.78 is 182. The van der Waals surface area contributed by atoms with Gasteiger partial charge < -0.3 is 21.3 Å². The number of alkyl halides is 6. The first-order chi connectivity index (χ1) is 59.5. The summed E-state index contributed by atoms with van der Waals surface area (Å²) in [6.45, 7) is 9.83. The Bertz CT molecular complexity index is 6280. The first-order valence-corrected chi connectivity index (χ1v) is 48.1. The van der Waals surface area contributed by atoms with Gasteiger partial charge in [0.1, 0.15) is 17.1 Å². The lowest BCUT2D eigenvalue weighted by molar-refractivity contribution is 0.145. The molecular formula is C90H98F6N16O8S4. The van der Waals surface area contributed by atoms with E-state index in [-0.39, 0.29) is 57.5 Å². The van der Waals surface area contributed by atoms with Crippen LogP contribution in [0.3, 0.4) is 0 Å². The number of hydrogen-bond donors (Lipinski definition) is 4. The van der Waals surface area contributed by atoms with Crippen molar-refractivity contribution < 1.29 is 60.0 Å². The zero-order valence-corrected chi connectivity index (χ0v) is 72.2. The first-order valence-electron chi connectivity index (χ1n) is 41.7. The number of halogens is 6. The maximum atomic E-state index is 13.1. The van der Waals surface area contributed by atoms with Gasteiger partial charge >= 0.3 is 0 Å². The van der Waals surface area contributed by atoms with E-state index in [1.165, 1.54) is 47.4 Å². The van der Waals surface area contributed by atoms with Crippen LogP contribution in [-0.2, 0) is 40.1 Å². The van der Waals surface area contributed by atoms with E-state index in [4.69, 9.17) is 0 Å². The standard InChI is InChI=1S/C24H28N4O2S.C23H24F2N4O2S.C22H24F2N4O2S.C21H22F2N4O2S/c1-16-11-19(12-17(2)26-16)20-13-18-5-8-25-15-23(18)24(14-20)27-21-6-9-28(10-7-21)31(29,30)22-3-4-22;24-23(25)22-12-15(4-8-27-22)17-11-16-3-7-26-14-20(16)21(13-17)28-18-5-9-29(10-6-18)32(30,31)19-1-2-19;1-2-31(29,30)28-9-6-18(7-10-28)27-21-12-17(11-15-5-8-25-14-19(15)21)16-3-4-20(22(23)24)26-13-16;1-30(28,29)27-8-5-17(6-9-27)26-20-11-16(10-14-4-7-24-13-18(14)20)15-2-3-19(21(22)23)25-12-15/h5,8,11-15,21-22,27H,3-4,6-7,9-10H2,1-2H3;3-4,7-8,11-14,18-19,23,28H,1-2,5-6,9-10H2;3-5,8,11-14,18,22,27H,2,6-7,9-10H2,1H3;2-4,7,10-13,17,21,26H,5-6,8-9H2,1H3. The number of hydrogen-bond acceptors (Lipinski definition) is 20. The number of nitrogens with zero attached hydrogens (tertiary/aromatic N) is 12. The number of sulfonamides is 4. The van der Waals surface area contributed by atoms with Crippen LogP contribution in [0.15, 0.2) is 189 Å². The van der Waals surface area contributed by atoms with Crippen LogP contribution in [0, 0.1) is 13.8 Å². The lowest BCUT2D eigenvalue weighted by Gasteiger charge is -2.32. The number of anilines is 4. The van der Waals surface area contributed by atoms with Crippen LogP contribution in [-0.4, -0.2) is 190 Å². The predicted octanol–water partition coefficient (Wildman–Crippen LogP) is 17.4. The fourth-order valence-corrected chi connectivity index (χ4v) is 22.2. The average Bonchev–Trinajstić information content (AvgIpc) is 1.62. The number of aryl methyl sites for hydroxylation is 2. The summed E-state index contributed by atoms with van der Waals surface area (Å²) in [6, 6.07) is 37.9. The van der Waals surface area contributed by atoms with Crippen LogP contribution >= 0.6 is 0 Å². The third-order valence-electron chi connectivity index (χ3n) is 23.6. The summed E-state index contributed by atoms with van der Waals surface area (Å²) in [5, 5.41) is 22.0. The van der Waals surface area contributed by atoms with E-state index >= 15 is 0 Å². The summed E-state index contributed by atoms with van der Waals surface area (Å²) >= 11 is 0. The van der Waals surface area contributed by atoms with Gasteiger partial charge in [-0.2, -0.15) is 0 Å². The average molecular weight is 1770 g/mol. The van der Waals surface area contributed by atoms with Crippen molar-refractivity contribution in [2.75, 3.05) is 85.6 Å². The van der Waals surface area contributed by atoms with E-state index in [2.05, 4.69) is 85.4 Å².